The molecule has 1 fully saturated rings. The Morgan fingerprint density at radius 2 is 1.79 bits per heavy atom. The summed E-state index contributed by atoms with van der Waals surface area (Å²) in [6, 6.07) is 0. The van der Waals surface area contributed by atoms with E-state index in [1.54, 1.807) is 0 Å². The highest BCUT2D eigenvalue weighted by Gasteiger charge is 2.08. The van der Waals surface area contributed by atoms with Crippen molar-refractivity contribution < 1.29 is 4.74 Å². The van der Waals surface area contributed by atoms with Gasteiger partial charge >= 0.3 is 0 Å². The first-order valence-electron chi connectivity index (χ1n) is 5.48. The molecule has 0 aromatic carbocycles. The van der Waals surface area contributed by atoms with Gasteiger partial charge in [-0.05, 0) is 0 Å². The molecule has 0 atom stereocenters. The lowest BCUT2D eigenvalue weighted by Crippen LogP contribution is -2.37. The fourth-order valence-electron chi connectivity index (χ4n) is 1.13. The molecule has 2 nitrogen and oxygen atoms in total. The third-order valence-electron chi connectivity index (χ3n) is 1.80. The van der Waals surface area contributed by atoms with E-state index in [1.165, 1.54) is 18.1 Å². The number of nitrogens with zero attached hydrogens (tertiary/aromatic N) is 1. The van der Waals surface area contributed by atoms with E-state index in [0.29, 0.717) is 0 Å². The van der Waals surface area contributed by atoms with Crippen LogP contribution in [0.4, 0.5) is 0 Å². The van der Waals surface area contributed by atoms with Gasteiger partial charge < -0.3 is 4.74 Å². The van der Waals surface area contributed by atoms with Crippen molar-refractivity contribution in [2.24, 2.45) is 0 Å². The lowest BCUT2D eigenvalue weighted by atomic mass is 10.4. The van der Waals surface area contributed by atoms with Gasteiger partial charge in [0, 0.05) is 31.1 Å². The molecule has 0 unspecified atom stereocenters. The maximum absolute atomic E-state index is 5.27. The normalized spacial score (nSPS) is 17.4. The van der Waals surface area contributed by atoms with Crippen LogP contribution in [0.1, 0.15) is 20.8 Å². The fraction of sp³-hybridized carbons (Fsp3) is 1.00. The first-order valence-corrected chi connectivity index (χ1v) is 7.97. The molecule has 1 saturated heterocycles. The van der Waals surface area contributed by atoms with E-state index in [2.05, 4.69) is 11.8 Å². The summed E-state index contributed by atoms with van der Waals surface area (Å²) in [5, 5.41) is 0. The SMILES string of the molecule is CC.CCSSCCN1CCOCC1. The summed E-state index contributed by atoms with van der Waals surface area (Å²) in [6.07, 6.45) is 0. The van der Waals surface area contributed by atoms with Crippen molar-refractivity contribution in [1.29, 1.82) is 0 Å². The largest absolute Gasteiger partial charge is 0.379 e. The van der Waals surface area contributed by atoms with E-state index < -0.39 is 0 Å². The summed E-state index contributed by atoms with van der Waals surface area (Å²) in [5.41, 5.74) is 0. The van der Waals surface area contributed by atoms with Gasteiger partial charge in [0.1, 0.15) is 0 Å². The average molecular weight is 237 g/mol. The molecule has 1 heterocycles. The monoisotopic (exact) mass is 237 g/mol. The second kappa shape index (κ2) is 11.7. The summed E-state index contributed by atoms with van der Waals surface area (Å²) >= 11 is 0. The molecule has 1 aliphatic heterocycles. The Kier molecular flexibility index (Phi) is 12.2. The Labute approximate surface area is 96.5 Å². The zero-order valence-electron chi connectivity index (χ0n) is 9.62. The molecule has 0 N–H and O–H groups in total. The summed E-state index contributed by atoms with van der Waals surface area (Å²) in [6.45, 7) is 11.5. The topological polar surface area (TPSA) is 12.5 Å². The molecule has 0 aromatic rings. The van der Waals surface area contributed by atoms with Crippen LogP contribution in [0, 0.1) is 0 Å². The third kappa shape index (κ3) is 7.97. The maximum Gasteiger partial charge on any atom is 0.0594 e. The third-order valence-corrected chi connectivity index (χ3v) is 4.25. The Bertz CT molecular complexity index is 108. The van der Waals surface area contributed by atoms with E-state index in [9.17, 15) is 0 Å². The number of rotatable bonds is 5. The van der Waals surface area contributed by atoms with Gasteiger partial charge in [-0.1, -0.05) is 42.4 Å². The van der Waals surface area contributed by atoms with Gasteiger partial charge in [0.15, 0.2) is 0 Å². The lowest BCUT2D eigenvalue weighted by Gasteiger charge is -2.26. The molecule has 0 saturated carbocycles. The van der Waals surface area contributed by atoms with Crippen molar-refractivity contribution in [2.75, 3.05) is 44.4 Å². The van der Waals surface area contributed by atoms with Gasteiger partial charge in [0.2, 0.25) is 0 Å². The van der Waals surface area contributed by atoms with E-state index in [-0.39, 0.29) is 0 Å². The van der Waals surface area contributed by atoms with Crippen LogP contribution in [-0.2, 0) is 4.74 Å². The molecule has 14 heavy (non-hydrogen) atoms. The minimum atomic E-state index is 0.922. The average Bonchev–Trinajstić information content (AvgIpc) is 2.29. The number of hydrogen-bond acceptors (Lipinski definition) is 4. The van der Waals surface area contributed by atoms with Crippen LogP contribution in [0.25, 0.3) is 0 Å². The van der Waals surface area contributed by atoms with Crippen molar-refractivity contribution in [3.8, 4) is 0 Å². The summed E-state index contributed by atoms with van der Waals surface area (Å²) < 4.78 is 5.27. The van der Waals surface area contributed by atoms with E-state index >= 15 is 0 Å². The zero-order valence-corrected chi connectivity index (χ0v) is 11.3. The first-order chi connectivity index (χ1) is 6.93. The molecular weight excluding hydrogens is 214 g/mol. The van der Waals surface area contributed by atoms with E-state index in [1.807, 2.05) is 35.4 Å². The summed E-state index contributed by atoms with van der Waals surface area (Å²) in [7, 11) is 3.94. The van der Waals surface area contributed by atoms with E-state index in [4.69, 9.17) is 4.74 Å². The minimum Gasteiger partial charge on any atom is -0.379 e. The van der Waals surface area contributed by atoms with Crippen molar-refractivity contribution in [2.45, 2.75) is 20.8 Å². The molecule has 0 radical (unpaired) electrons. The van der Waals surface area contributed by atoms with Crippen LogP contribution >= 0.6 is 21.6 Å². The Morgan fingerprint density at radius 1 is 1.14 bits per heavy atom. The highest BCUT2D eigenvalue weighted by molar-refractivity contribution is 8.76. The molecule has 0 amide bonds. The predicted octanol–water partition coefficient (Wildman–Crippen LogP) is 2.75. The van der Waals surface area contributed by atoms with Gasteiger partial charge in [-0.25, -0.2) is 0 Å². The standard InChI is InChI=1S/C8H17NOS2.C2H6/c1-2-11-12-8-5-9-3-6-10-7-4-9;1-2/h2-8H2,1H3;1-2H3. The molecule has 1 aliphatic rings. The maximum atomic E-state index is 5.27. The molecular formula is C10H23NOS2. The minimum absolute atomic E-state index is 0.922. The second-order valence-electron chi connectivity index (χ2n) is 2.68. The summed E-state index contributed by atoms with van der Waals surface area (Å²) in [4.78, 5) is 2.48. The smallest absolute Gasteiger partial charge is 0.0594 e. The highest BCUT2D eigenvalue weighted by atomic mass is 33.1. The second-order valence-corrected chi connectivity index (χ2v) is 5.55. The molecule has 86 valence electrons. The molecule has 0 aromatic heterocycles. The van der Waals surface area contributed by atoms with Gasteiger partial charge in [0.25, 0.3) is 0 Å². The first kappa shape index (κ1) is 14.6. The molecule has 0 bridgehead atoms. The van der Waals surface area contributed by atoms with Gasteiger partial charge in [0.05, 0.1) is 13.2 Å². The van der Waals surface area contributed by atoms with Crippen LogP contribution in [0.2, 0.25) is 0 Å². The molecule has 0 spiro atoms. The molecule has 4 heteroatoms. The summed E-state index contributed by atoms with van der Waals surface area (Å²) in [5.74, 6) is 2.46. The number of hydrogen-bond donors (Lipinski definition) is 0. The van der Waals surface area contributed by atoms with Crippen LogP contribution < -0.4 is 0 Å². The van der Waals surface area contributed by atoms with Gasteiger partial charge in [-0.2, -0.15) is 0 Å². The number of ether oxygens (including phenoxy) is 1. The molecule has 1 rings (SSSR count). The van der Waals surface area contributed by atoms with Crippen molar-refractivity contribution in [3.05, 3.63) is 0 Å². The molecule has 0 aliphatic carbocycles. The van der Waals surface area contributed by atoms with Gasteiger partial charge in [-0.15, -0.1) is 0 Å². The predicted molar refractivity (Wildman–Crippen MR) is 69.2 cm³/mol. The Hall–Kier alpha value is 0.620. The Morgan fingerprint density at radius 3 is 2.36 bits per heavy atom. The Balaban J connectivity index is 0.000000791. The van der Waals surface area contributed by atoms with Crippen molar-refractivity contribution in [1.82, 2.24) is 4.90 Å². The van der Waals surface area contributed by atoms with Crippen LogP contribution in [0.5, 0.6) is 0 Å². The number of morpholine rings is 1. The quantitative estimate of drug-likeness (QED) is 0.538. The van der Waals surface area contributed by atoms with Crippen molar-refractivity contribution >= 4 is 21.6 Å². The highest BCUT2D eigenvalue weighted by Crippen LogP contribution is 2.19. The van der Waals surface area contributed by atoms with E-state index in [0.717, 1.165) is 26.3 Å². The van der Waals surface area contributed by atoms with Crippen molar-refractivity contribution in [3.63, 3.8) is 0 Å². The van der Waals surface area contributed by atoms with Crippen LogP contribution in [0.3, 0.4) is 0 Å². The van der Waals surface area contributed by atoms with Crippen LogP contribution in [-0.4, -0.2) is 49.3 Å². The van der Waals surface area contributed by atoms with Gasteiger partial charge in [-0.3, -0.25) is 4.90 Å². The zero-order chi connectivity index (χ0) is 10.6. The van der Waals surface area contributed by atoms with Crippen LogP contribution in [0.15, 0.2) is 0 Å². The fourth-order valence-corrected chi connectivity index (χ4v) is 2.83. The lowest BCUT2D eigenvalue weighted by molar-refractivity contribution is 0.0410.